The quantitative estimate of drug-likeness (QED) is 0.203. The molecular weight excluding hydrogens is 643 g/mol. The van der Waals surface area contributed by atoms with E-state index >= 15 is 4.39 Å². The topological polar surface area (TPSA) is 100.0 Å². The number of pyridine rings is 1. The fraction of sp³-hybridized carbons (Fsp3) is 0.394. The number of nitrogens with zero attached hydrogens (tertiary/aromatic N) is 5. The molecule has 7 rings (SSSR count). The summed E-state index contributed by atoms with van der Waals surface area (Å²) in [5.41, 5.74) is 1.84. The third-order valence-corrected chi connectivity index (χ3v) is 9.36. The van der Waals surface area contributed by atoms with Gasteiger partial charge in [-0.25, -0.2) is 13.8 Å². The Morgan fingerprint density at radius 2 is 1.98 bits per heavy atom. The van der Waals surface area contributed by atoms with Crippen LogP contribution >= 0.6 is 11.6 Å². The summed E-state index contributed by atoms with van der Waals surface area (Å²) in [5, 5.41) is 15.6. The van der Waals surface area contributed by atoms with Crippen molar-refractivity contribution < 1.29 is 31.4 Å². The molecule has 1 aliphatic carbocycles. The molecule has 1 N–H and O–H groups in total. The summed E-state index contributed by atoms with van der Waals surface area (Å²) in [6, 6.07) is 13.5. The van der Waals surface area contributed by atoms with Gasteiger partial charge in [-0.2, -0.15) is 23.5 Å². The minimum atomic E-state index is -4.68. The van der Waals surface area contributed by atoms with E-state index in [4.69, 9.17) is 21.1 Å². The van der Waals surface area contributed by atoms with Gasteiger partial charge in [0.2, 0.25) is 5.82 Å². The van der Waals surface area contributed by atoms with E-state index in [1.165, 1.54) is 18.3 Å². The van der Waals surface area contributed by atoms with Crippen molar-refractivity contribution in [1.82, 2.24) is 25.1 Å². The number of hydrogen-bond donors (Lipinski definition) is 1. The van der Waals surface area contributed by atoms with Crippen LogP contribution in [0.1, 0.15) is 60.3 Å². The van der Waals surface area contributed by atoms with Gasteiger partial charge in [-0.3, -0.25) is 15.0 Å². The Bertz CT molecular complexity index is 1890. The van der Waals surface area contributed by atoms with Crippen LogP contribution in [0.2, 0.25) is 5.02 Å². The van der Waals surface area contributed by atoms with Gasteiger partial charge in [0.15, 0.2) is 17.3 Å². The van der Waals surface area contributed by atoms with Crippen LogP contribution in [0.25, 0.3) is 11.4 Å². The van der Waals surface area contributed by atoms with Gasteiger partial charge in [0, 0.05) is 48.3 Å². The highest BCUT2D eigenvalue weighted by molar-refractivity contribution is 6.30. The molecule has 2 aromatic carbocycles. The molecule has 0 spiro atoms. The Balaban J connectivity index is 1.09. The number of fused-ring (bicyclic) bond motifs is 1. The van der Waals surface area contributed by atoms with Crippen LogP contribution < -0.4 is 9.47 Å². The highest BCUT2D eigenvalue weighted by atomic mass is 35.5. The van der Waals surface area contributed by atoms with Gasteiger partial charge in [0.1, 0.15) is 12.0 Å². The van der Waals surface area contributed by atoms with E-state index in [9.17, 15) is 22.8 Å². The summed E-state index contributed by atoms with van der Waals surface area (Å²) in [5.74, 6) is -3.16. The molecule has 0 radical (unpaired) electrons. The number of alkyl halides is 4. The minimum Gasteiger partial charge on any atom is -0.444 e. The molecule has 2 fully saturated rings. The van der Waals surface area contributed by atoms with Crippen LogP contribution in [0.15, 0.2) is 48.7 Å². The SMILES string of the molecule is C[C@@]1(c2ccc(Cl)cc2F)Oc2cccc(C3CCN(Cc4ncc(-c5n[nH]c(C(F)(F)F)n5)cc4CC4(C#N)CC4)C[C@H]3F)c2O1. The fourth-order valence-corrected chi connectivity index (χ4v) is 6.56. The summed E-state index contributed by atoms with van der Waals surface area (Å²) in [4.78, 5) is 10.1. The molecule has 1 saturated heterocycles. The first-order chi connectivity index (χ1) is 22.4. The molecule has 3 atom stereocenters. The first kappa shape index (κ1) is 31.3. The number of benzene rings is 2. The maximum atomic E-state index is 16.0. The predicted molar refractivity (Wildman–Crippen MR) is 160 cm³/mol. The molecule has 2 aromatic heterocycles. The number of aromatic nitrogens is 4. The fourth-order valence-electron chi connectivity index (χ4n) is 6.40. The molecule has 4 heterocycles. The van der Waals surface area contributed by atoms with E-state index in [0.717, 1.165) is 0 Å². The second-order valence-corrected chi connectivity index (χ2v) is 12.9. The van der Waals surface area contributed by atoms with Gasteiger partial charge in [0.05, 0.1) is 22.7 Å². The molecule has 4 aromatic rings. The Morgan fingerprint density at radius 3 is 2.66 bits per heavy atom. The summed E-state index contributed by atoms with van der Waals surface area (Å²) in [6.45, 7) is 2.48. The zero-order valence-electron chi connectivity index (χ0n) is 25.0. The number of nitrogens with one attached hydrogen (secondary N) is 1. The molecule has 244 valence electrons. The number of hydrogen-bond acceptors (Lipinski definition) is 7. The van der Waals surface area contributed by atoms with Crippen LogP contribution in [-0.4, -0.2) is 44.3 Å². The molecule has 47 heavy (non-hydrogen) atoms. The monoisotopic (exact) mass is 670 g/mol. The first-order valence-electron chi connectivity index (χ1n) is 15.1. The number of aromatic amines is 1. The van der Waals surface area contributed by atoms with Crippen molar-refractivity contribution in [3.05, 3.63) is 87.7 Å². The standard InChI is InChI=1S/C33H28ClF5N6O2/c1-31(23-6-5-20(34)12-24(23)35)46-27-4-2-3-22(28(27)47-31)21-7-10-45(15-25(21)36)16-26-18(13-32(17-40)8-9-32)11-19(14-41-26)29-42-30(44-43-29)33(37,38)39/h2-6,11-12,14,21,25H,7-10,13,15-16H2,1H3,(H,42,43,44)/t21?,25-,31-/m1/s1. The van der Waals surface area contributed by atoms with Crippen molar-refractivity contribution in [3.63, 3.8) is 0 Å². The number of H-pyrrole nitrogens is 1. The molecule has 1 saturated carbocycles. The number of halogens is 6. The largest absolute Gasteiger partial charge is 0.451 e. The van der Waals surface area contributed by atoms with Gasteiger partial charge in [-0.05, 0) is 68.1 Å². The Labute approximate surface area is 271 Å². The maximum Gasteiger partial charge on any atom is 0.451 e. The van der Waals surface area contributed by atoms with Crippen LogP contribution in [0.3, 0.4) is 0 Å². The molecule has 14 heteroatoms. The molecule has 2 aliphatic heterocycles. The van der Waals surface area contributed by atoms with Gasteiger partial charge < -0.3 is 9.47 Å². The van der Waals surface area contributed by atoms with Gasteiger partial charge in [-0.15, -0.1) is 0 Å². The van der Waals surface area contributed by atoms with Crippen molar-refractivity contribution >= 4 is 11.6 Å². The van der Waals surface area contributed by atoms with E-state index in [0.29, 0.717) is 60.5 Å². The van der Waals surface area contributed by atoms with Crippen LogP contribution in [0.5, 0.6) is 11.5 Å². The third-order valence-electron chi connectivity index (χ3n) is 9.12. The highest BCUT2D eigenvalue weighted by Crippen LogP contribution is 2.51. The van der Waals surface area contributed by atoms with Crippen LogP contribution in [0.4, 0.5) is 22.0 Å². The number of likely N-dealkylation sites (tertiary alicyclic amines) is 1. The summed E-state index contributed by atoms with van der Waals surface area (Å²) in [7, 11) is 0. The summed E-state index contributed by atoms with van der Waals surface area (Å²) in [6.07, 6.45) is -2.33. The molecule has 0 bridgehead atoms. The van der Waals surface area contributed by atoms with Crippen molar-refractivity contribution in [1.29, 1.82) is 5.26 Å². The van der Waals surface area contributed by atoms with Crippen molar-refractivity contribution in [2.75, 3.05) is 13.1 Å². The zero-order valence-corrected chi connectivity index (χ0v) is 25.8. The molecule has 3 aliphatic rings. The molecule has 0 amide bonds. The number of ether oxygens (including phenoxy) is 2. The summed E-state index contributed by atoms with van der Waals surface area (Å²) < 4.78 is 82.4. The maximum absolute atomic E-state index is 16.0. The molecular formula is C33H28ClF5N6O2. The van der Waals surface area contributed by atoms with Gasteiger partial charge >= 0.3 is 6.18 Å². The van der Waals surface area contributed by atoms with Crippen LogP contribution in [-0.2, 0) is 24.9 Å². The second-order valence-electron chi connectivity index (χ2n) is 12.5. The predicted octanol–water partition coefficient (Wildman–Crippen LogP) is 7.50. The second kappa shape index (κ2) is 11.5. The molecule has 8 nitrogen and oxygen atoms in total. The van der Waals surface area contributed by atoms with Crippen molar-refractivity contribution in [2.24, 2.45) is 5.41 Å². The summed E-state index contributed by atoms with van der Waals surface area (Å²) >= 11 is 5.93. The van der Waals surface area contributed by atoms with Crippen molar-refractivity contribution in [2.45, 2.75) is 63.2 Å². The smallest absolute Gasteiger partial charge is 0.444 e. The lowest BCUT2D eigenvalue weighted by molar-refractivity contribution is -0.144. The minimum absolute atomic E-state index is 0.0837. The van der Waals surface area contributed by atoms with E-state index < -0.39 is 41.1 Å². The highest BCUT2D eigenvalue weighted by Gasteiger charge is 2.45. The number of nitriles is 1. The normalized spacial score (nSPS) is 23.4. The number of para-hydroxylation sites is 1. The van der Waals surface area contributed by atoms with E-state index in [1.54, 1.807) is 37.3 Å². The van der Waals surface area contributed by atoms with E-state index in [2.05, 4.69) is 21.1 Å². The molecule has 1 unspecified atom stereocenters. The first-order valence-corrected chi connectivity index (χ1v) is 15.5. The van der Waals surface area contributed by atoms with E-state index in [1.807, 2.05) is 10.00 Å². The van der Waals surface area contributed by atoms with E-state index in [-0.39, 0.29) is 35.1 Å². The van der Waals surface area contributed by atoms with Gasteiger partial charge in [0.25, 0.3) is 5.79 Å². The Morgan fingerprint density at radius 1 is 1.17 bits per heavy atom. The van der Waals surface area contributed by atoms with Crippen LogP contribution in [0, 0.1) is 22.6 Å². The lowest BCUT2D eigenvalue weighted by atomic mass is 9.87. The Hall–Kier alpha value is -4.28. The van der Waals surface area contributed by atoms with Gasteiger partial charge in [-0.1, -0.05) is 23.7 Å². The lowest BCUT2D eigenvalue weighted by Gasteiger charge is -2.35. The number of piperidine rings is 1. The third kappa shape index (κ3) is 6.00. The number of rotatable bonds is 7. The average molecular weight is 671 g/mol. The Kier molecular flexibility index (Phi) is 7.63. The average Bonchev–Trinajstić information content (AvgIpc) is 3.42. The lowest BCUT2D eigenvalue weighted by Crippen LogP contribution is -2.40. The van der Waals surface area contributed by atoms with Crippen molar-refractivity contribution in [3.8, 4) is 29.0 Å². The zero-order chi connectivity index (χ0) is 33.1.